The van der Waals surface area contributed by atoms with Gasteiger partial charge in [-0.05, 0) is 18.1 Å². The maximum Gasteiger partial charge on any atom is 0.336 e. The molecule has 4 heteroatoms. The van der Waals surface area contributed by atoms with Crippen LogP contribution in [0.1, 0.15) is 28.8 Å². The van der Waals surface area contributed by atoms with E-state index in [1.54, 1.807) is 29.2 Å². The van der Waals surface area contributed by atoms with Gasteiger partial charge in [-0.2, -0.15) is 0 Å². The quantitative estimate of drug-likeness (QED) is 0.838. The Morgan fingerprint density at radius 1 is 1.38 bits per heavy atom. The third-order valence-electron chi connectivity index (χ3n) is 2.78. The van der Waals surface area contributed by atoms with Gasteiger partial charge in [0, 0.05) is 19.5 Å². The summed E-state index contributed by atoms with van der Waals surface area (Å²) < 4.78 is 0. The number of carbonyl (C=O) groups is 2. The van der Waals surface area contributed by atoms with Gasteiger partial charge >= 0.3 is 5.97 Å². The van der Waals surface area contributed by atoms with Gasteiger partial charge in [0.2, 0.25) is 5.91 Å². The van der Waals surface area contributed by atoms with Crippen molar-refractivity contribution in [3.05, 3.63) is 35.4 Å². The van der Waals surface area contributed by atoms with Crippen molar-refractivity contribution in [2.45, 2.75) is 19.4 Å². The van der Waals surface area contributed by atoms with E-state index in [0.717, 1.165) is 13.0 Å². The van der Waals surface area contributed by atoms with E-state index in [0.29, 0.717) is 18.5 Å². The second-order valence-corrected chi connectivity index (χ2v) is 3.88. The molecule has 0 saturated carbocycles. The molecule has 1 aliphatic heterocycles. The number of likely N-dealkylation sites (tertiary alicyclic amines) is 1. The Labute approximate surface area is 93.5 Å². The monoisotopic (exact) mass is 219 g/mol. The van der Waals surface area contributed by atoms with Gasteiger partial charge in [0.05, 0.1) is 5.56 Å². The van der Waals surface area contributed by atoms with Crippen LogP contribution in [-0.4, -0.2) is 28.4 Å². The van der Waals surface area contributed by atoms with E-state index in [9.17, 15) is 9.59 Å². The van der Waals surface area contributed by atoms with Gasteiger partial charge < -0.3 is 10.0 Å². The van der Waals surface area contributed by atoms with Crippen molar-refractivity contribution in [2.24, 2.45) is 0 Å². The summed E-state index contributed by atoms with van der Waals surface area (Å²) in [6.45, 7) is 1.13. The molecular weight excluding hydrogens is 206 g/mol. The Morgan fingerprint density at radius 2 is 2.12 bits per heavy atom. The minimum atomic E-state index is -0.942. The lowest BCUT2D eigenvalue weighted by Gasteiger charge is -2.16. The van der Waals surface area contributed by atoms with Crippen LogP contribution in [0.5, 0.6) is 0 Å². The van der Waals surface area contributed by atoms with Crippen LogP contribution in [-0.2, 0) is 11.3 Å². The van der Waals surface area contributed by atoms with Crippen molar-refractivity contribution < 1.29 is 14.7 Å². The zero-order valence-electron chi connectivity index (χ0n) is 8.85. The van der Waals surface area contributed by atoms with Crippen molar-refractivity contribution in [1.82, 2.24) is 4.90 Å². The Bertz CT molecular complexity index is 428. The first-order valence-corrected chi connectivity index (χ1v) is 5.27. The normalized spacial score (nSPS) is 15.5. The zero-order valence-corrected chi connectivity index (χ0v) is 8.85. The highest BCUT2D eigenvalue weighted by Crippen LogP contribution is 2.17. The van der Waals surface area contributed by atoms with Crippen molar-refractivity contribution in [3.8, 4) is 0 Å². The highest BCUT2D eigenvalue weighted by Gasteiger charge is 2.21. The van der Waals surface area contributed by atoms with Crippen LogP contribution in [0.25, 0.3) is 0 Å². The van der Waals surface area contributed by atoms with E-state index >= 15 is 0 Å². The number of carboxylic acids is 1. The first kappa shape index (κ1) is 10.7. The molecule has 0 atom stereocenters. The van der Waals surface area contributed by atoms with Crippen LogP contribution in [0.3, 0.4) is 0 Å². The van der Waals surface area contributed by atoms with Crippen LogP contribution in [0, 0.1) is 0 Å². The van der Waals surface area contributed by atoms with Crippen LogP contribution >= 0.6 is 0 Å². The average Bonchev–Trinajstić information content (AvgIpc) is 2.65. The number of benzene rings is 1. The van der Waals surface area contributed by atoms with Crippen molar-refractivity contribution in [2.75, 3.05) is 6.54 Å². The van der Waals surface area contributed by atoms with Gasteiger partial charge in [-0.1, -0.05) is 18.2 Å². The van der Waals surface area contributed by atoms with E-state index < -0.39 is 5.97 Å². The molecule has 1 aliphatic rings. The number of hydrogen-bond donors (Lipinski definition) is 1. The molecule has 0 aliphatic carbocycles. The highest BCUT2D eigenvalue weighted by atomic mass is 16.4. The summed E-state index contributed by atoms with van der Waals surface area (Å²) in [7, 11) is 0. The molecule has 0 bridgehead atoms. The average molecular weight is 219 g/mol. The number of hydrogen-bond acceptors (Lipinski definition) is 2. The fraction of sp³-hybridized carbons (Fsp3) is 0.333. The Hall–Kier alpha value is -1.84. The van der Waals surface area contributed by atoms with Crippen LogP contribution < -0.4 is 0 Å². The topological polar surface area (TPSA) is 57.6 Å². The Kier molecular flexibility index (Phi) is 2.90. The smallest absolute Gasteiger partial charge is 0.336 e. The van der Waals surface area contributed by atoms with Gasteiger partial charge in [0.25, 0.3) is 0 Å². The fourth-order valence-electron chi connectivity index (χ4n) is 1.94. The summed E-state index contributed by atoms with van der Waals surface area (Å²) in [5, 5.41) is 9.00. The second kappa shape index (κ2) is 4.35. The SMILES string of the molecule is O=C(O)c1ccccc1CN1CCCC1=O. The summed E-state index contributed by atoms with van der Waals surface area (Å²) in [5.74, 6) is -0.831. The molecule has 1 saturated heterocycles. The molecule has 0 aromatic heterocycles. The number of carboxylic acid groups (broad SMARTS) is 1. The molecule has 0 unspecified atom stereocenters. The van der Waals surface area contributed by atoms with Gasteiger partial charge in [-0.25, -0.2) is 4.79 Å². The second-order valence-electron chi connectivity index (χ2n) is 3.88. The molecule has 0 spiro atoms. The maximum absolute atomic E-state index is 11.4. The van der Waals surface area contributed by atoms with Crippen LogP contribution in [0.4, 0.5) is 0 Å². The summed E-state index contributed by atoms with van der Waals surface area (Å²) in [6.07, 6.45) is 1.45. The van der Waals surface area contributed by atoms with Crippen LogP contribution in [0.15, 0.2) is 24.3 Å². The summed E-state index contributed by atoms with van der Waals surface area (Å²) >= 11 is 0. The molecule has 1 heterocycles. The number of aromatic carboxylic acids is 1. The molecule has 2 rings (SSSR count). The molecule has 16 heavy (non-hydrogen) atoms. The van der Waals surface area contributed by atoms with Gasteiger partial charge in [0.15, 0.2) is 0 Å². The lowest BCUT2D eigenvalue weighted by Crippen LogP contribution is -2.24. The number of carbonyl (C=O) groups excluding carboxylic acids is 1. The van der Waals surface area contributed by atoms with Crippen molar-refractivity contribution in [3.63, 3.8) is 0 Å². The molecule has 1 fully saturated rings. The maximum atomic E-state index is 11.4. The summed E-state index contributed by atoms with van der Waals surface area (Å²) in [6, 6.07) is 6.81. The fourth-order valence-corrected chi connectivity index (χ4v) is 1.94. The zero-order chi connectivity index (χ0) is 11.5. The largest absolute Gasteiger partial charge is 0.478 e. The van der Waals surface area contributed by atoms with E-state index in [-0.39, 0.29) is 11.5 Å². The number of rotatable bonds is 3. The highest BCUT2D eigenvalue weighted by molar-refractivity contribution is 5.89. The standard InChI is InChI=1S/C12H13NO3/c14-11-6-3-7-13(11)8-9-4-1-2-5-10(9)12(15)16/h1-2,4-5H,3,6-8H2,(H,15,16). The van der Waals surface area contributed by atoms with Gasteiger partial charge in [-0.3, -0.25) is 4.79 Å². The Balaban J connectivity index is 2.20. The van der Waals surface area contributed by atoms with E-state index in [1.807, 2.05) is 0 Å². The lowest BCUT2D eigenvalue weighted by molar-refractivity contribution is -0.128. The Morgan fingerprint density at radius 3 is 2.75 bits per heavy atom. The minimum absolute atomic E-state index is 0.111. The molecule has 1 aromatic carbocycles. The third kappa shape index (κ3) is 2.05. The molecule has 1 amide bonds. The van der Waals surface area contributed by atoms with E-state index in [2.05, 4.69) is 0 Å². The first-order valence-electron chi connectivity index (χ1n) is 5.27. The molecule has 0 radical (unpaired) electrons. The number of amides is 1. The minimum Gasteiger partial charge on any atom is -0.478 e. The first-order chi connectivity index (χ1) is 7.68. The third-order valence-corrected chi connectivity index (χ3v) is 2.78. The summed E-state index contributed by atoms with van der Waals surface area (Å²) in [5.41, 5.74) is 0.979. The predicted molar refractivity (Wildman–Crippen MR) is 58.1 cm³/mol. The molecule has 1 aromatic rings. The lowest BCUT2D eigenvalue weighted by atomic mass is 10.1. The molecule has 4 nitrogen and oxygen atoms in total. The van der Waals surface area contributed by atoms with Gasteiger partial charge in [-0.15, -0.1) is 0 Å². The van der Waals surface area contributed by atoms with Crippen molar-refractivity contribution >= 4 is 11.9 Å². The number of nitrogens with zero attached hydrogens (tertiary/aromatic N) is 1. The van der Waals surface area contributed by atoms with E-state index in [4.69, 9.17) is 5.11 Å². The summed E-state index contributed by atoms with van der Waals surface area (Å²) in [4.78, 5) is 24.1. The molecule has 84 valence electrons. The molecule has 1 N–H and O–H groups in total. The molecular formula is C12H13NO3. The van der Waals surface area contributed by atoms with Crippen molar-refractivity contribution in [1.29, 1.82) is 0 Å². The van der Waals surface area contributed by atoms with Gasteiger partial charge in [0.1, 0.15) is 0 Å². The van der Waals surface area contributed by atoms with Crippen LogP contribution in [0.2, 0.25) is 0 Å². The predicted octanol–water partition coefficient (Wildman–Crippen LogP) is 1.51. The van der Waals surface area contributed by atoms with E-state index in [1.165, 1.54) is 0 Å².